The van der Waals surface area contributed by atoms with Crippen LogP contribution in [-0.2, 0) is 0 Å². The van der Waals surface area contributed by atoms with E-state index in [2.05, 4.69) is 15.2 Å². The van der Waals surface area contributed by atoms with Crippen LogP contribution >= 0.6 is 0 Å². The smallest absolute Gasteiger partial charge is 0.386 e. The minimum atomic E-state index is -0.451. The second-order valence-electron chi connectivity index (χ2n) is 6.87. The van der Waals surface area contributed by atoms with Crippen LogP contribution in [0, 0.1) is 10.1 Å². The first-order chi connectivity index (χ1) is 13.2. The number of hydrogen-bond acceptors (Lipinski definition) is 7. The van der Waals surface area contributed by atoms with Gasteiger partial charge < -0.3 is 24.9 Å². The molecule has 0 amide bonds. The molecule has 8 nitrogen and oxygen atoms in total. The highest BCUT2D eigenvalue weighted by Gasteiger charge is 2.27. The molecule has 2 aliphatic rings. The number of nitrogens with one attached hydrogen (secondary N) is 1. The number of ether oxygens (including phenoxy) is 2. The fourth-order valence-corrected chi connectivity index (χ4v) is 3.66. The quantitative estimate of drug-likeness (QED) is 0.639. The van der Waals surface area contributed by atoms with Crippen LogP contribution < -0.4 is 14.8 Å². The molecule has 1 saturated heterocycles. The Bertz CT molecular complexity index is 816. The molecule has 2 aromatic rings. The fraction of sp³-hybridized carbons (Fsp3) is 0.421. The Morgan fingerprint density at radius 3 is 2.96 bits per heavy atom. The van der Waals surface area contributed by atoms with Crippen LogP contribution in [-0.4, -0.2) is 53.2 Å². The second kappa shape index (κ2) is 7.79. The largest absolute Gasteiger partial charge is 0.486 e. The van der Waals surface area contributed by atoms with Crippen molar-refractivity contribution in [3.05, 3.63) is 52.7 Å². The third-order valence-electron chi connectivity index (χ3n) is 4.85. The summed E-state index contributed by atoms with van der Waals surface area (Å²) < 4.78 is 11.8. The molecule has 0 spiro atoms. The summed E-state index contributed by atoms with van der Waals surface area (Å²) in [7, 11) is 0. The lowest BCUT2D eigenvalue weighted by Crippen LogP contribution is -2.48. The van der Waals surface area contributed by atoms with E-state index < -0.39 is 4.92 Å². The normalized spacial score (nSPS) is 22.2. The summed E-state index contributed by atoms with van der Waals surface area (Å²) in [6.07, 6.45) is 3.41. The van der Waals surface area contributed by atoms with E-state index in [1.54, 1.807) is 12.1 Å². The fourth-order valence-electron chi connectivity index (χ4n) is 3.66. The SMILES string of the molecule is O=[N+]([O-])c1ncccc1N[C@H]1CCCN(C[C@H]2COc3ccccc3O2)C1. The number of pyridine rings is 1. The van der Waals surface area contributed by atoms with E-state index in [1.807, 2.05) is 24.3 Å². The van der Waals surface area contributed by atoms with E-state index >= 15 is 0 Å². The Hall–Kier alpha value is -2.87. The van der Waals surface area contributed by atoms with Crippen LogP contribution in [0.4, 0.5) is 11.5 Å². The highest BCUT2D eigenvalue weighted by atomic mass is 16.6. The van der Waals surface area contributed by atoms with Crippen molar-refractivity contribution in [1.29, 1.82) is 0 Å². The van der Waals surface area contributed by atoms with Crippen molar-refractivity contribution in [2.75, 3.05) is 31.6 Å². The van der Waals surface area contributed by atoms with Crippen LogP contribution in [0.2, 0.25) is 0 Å². The Kier molecular flexibility index (Phi) is 5.06. The van der Waals surface area contributed by atoms with Gasteiger partial charge in [0, 0.05) is 19.1 Å². The third-order valence-corrected chi connectivity index (χ3v) is 4.85. The van der Waals surface area contributed by atoms with Crippen molar-refractivity contribution in [2.24, 2.45) is 0 Å². The van der Waals surface area contributed by atoms with Gasteiger partial charge in [-0.3, -0.25) is 4.90 Å². The van der Waals surface area contributed by atoms with Gasteiger partial charge in [-0.05, 0) is 53.6 Å². The number of hydrogen-bond donors (Lipinski definition) is 1. The molecule has 1 aromatic carbocycles. The predicted molar refractivity (Wildman–Crippen MR) is 100 cm³/mol. The minimum absolute atomic E-state index is 0.0219. The minimum Gasteiger partial charge on any atom is -0.486 e. The summed E-state index contributed by atoms with van der Waals surface area (Å²) in [5, 5.41) is 14.4. The van der Waals surface area contributed by atoms with E-state index in [1.165, 1.54) is 6.20 Å². The molecular formula is C19H22N4O4. The van der Waals surface area contributed by atoms with E-state index in [9.17, 15) is 10.1 Å². The van der Waals surface area contributed by atoms with Crippen LogP contribution in [0.3, 0.4) is 0 Å². The van der Waals surface area contributed by atoms with Gasteiger partial charge in [-0.2, -0.15) is 0 Å². The van der Waals surface area contributed by atoms with Gasteiger partial charge in [-0.15, -0.1) is 0 Å². The van der Waals surface area contributed by atoms with Crippen LogP contribution in [0.1, 0.15) is 12.8 Å². The number of para-hydroxylation sites is 2. The zero-order chi connectivity index (χ0) is 18.6. The average molecular weight is 370 g/mol. The van der Waals surface area contributed by atoms with Gasteiger partial charge in [0.15, 0.2) is 11.5 Å². The van der Waals surface area contributed by atoms with Crippen molar-refractivity contribution in [3.8, 4) is 11.5 Å². The van der Waals surface area contributed by atoms with Gasteiger partial charge in [0.25, 0.3) is 0 Å². The number of anilines is 1. The molecule has 2 atom stereocenters. The molecule has 27 heavy (non-hydrogen) atoms. The van der Waals surface area contributed by atoms with Gasteiger partial charge in [-0.1, -0.05) is 12.1 Å². The first-order valence-corrected chi connectivity index (χ1v) is 9.16. The molecule has 3 heterocycles. The summed E-state index contributed by atoms with van der Waals surface area (Å²) in [5.74, 6) is 1.44. The Balaban J connectivity index is 1.36. The first-order valence-electron chi connectivity index (χ1n) is 9.16. The lowest BCUT2D eigenvalue weighted by atomic mass is 10.0. The molecule has 0 saturated carbocycles. The van der Waals surface area contributed by atoms with Gasteiger partial charge in [-0.25, -0.2) is 0 Å². The van der Waals surface area contributed by atoms with Gasteiger partial charge >= 0.3 is 5.82 Å². The molecule has 4 rings (SSSR count). The zero-order valence-electron chi connectivity index (χ0n) is 14.9. The van der Waals surface area contributed by atoms with Crippen molar-refractivity contribution in [3.63, 3.8) is 0 Å². The van der Waals surface area contributed by atoms with Crippen LogP contribution in [0.15, 0.2) is 42.6 Å². The van der Waals surface area contributed by atoms with Crippen molar-refractivity contribution < 1.29 is 14.4 Å². The molecule has 0 aliphatic carbocycles. The number of benzene rings is 1. The molecule has 0 radical (unpaired) electrons. The maximum atomic E-state index is 11.2. The number of aromatic nitrogens is 1. The Morgan fingerprint density at radius 1 is 1.26 bits per heavy atom. The number of piperidine rings is 1. The molecule has 1 N–H and O–H groups in total. The third kappa shape index (κ3) is 4.11. The van der Waals surface area contributed by atoms with Crippen LogP contribution in [0.5, 0.6) is 11.5 Å². The zero-order valence-corrected chi connectivity index (χ0v) is 14.9. The maximum Gasteiger partial charge on any atom is 0.386 e. The standard InChI is InChI=1S/C19H22N4O4/c24-23(25)19-16(6-3-9-20-19)21-14-5-4-10-22(11-14)12-15-13-26-17-7-1-2-8-18(17)27-15/h1-3,6-9,14-15,21H,4-5,10-13H2/t14-,15-/m0/s1. The number of nitrogens with zero attached hydrogens (tertiary/aromatic N) is 3. The van der Waals surface area contributed by atoms with Gasteiger partial charge in [0.2, 0.25) is 0 Å². The lowest BCUT2D eigenvalue weighted by molar-refractivity contribution is -0.388. The predicted octanol–water partition coefficient (Wildman–Crippen LogP) is 2.71. The highest BCUT2D eigenvalue weighted by Crippen LogP contribution is 2.31. The Labute approximate surface area is 157 Å². The molecule has 1 fully saturated rings. The Morgan fingerprint density at radius 2 is 2.11 bits per heavy atom. The molecule has 0 bridgehead atoms. The molecule has 142 valence electrons. The van der Waals surface area contributed by atoms with Gasteiger partial charge in [0.1, 0.15) is 24.6 Å². The second-order valence-corrected chi connectivity index (χ2v) is 6.87. The number of nitro groups is 1. The lowest BCUT2D eigenvalue weighted by Gasteiger charge is -2.36. The maximum absolute atomic E-state index is 11.2. The van der Waals surface area contributed by atoms with Gasteiger partial charge in [0.05, 0.1) is 0 Å². The topological polar surface area (TPSA) is 89.8 Å². The molecule has 8 heteroatoms. The monoisotopic (exact) mass is 370 g/mol. The van der Waals surface area contributed by atoms with Crippen molar-refractivity contribution in [2.45, 2.75) is 25.0 Å². The van der Waals surface area contributed by atoms with Crippen molar-refractivity contribution >= 4 is 11.5 Å². The summed E-state index contributed by atoms with van der Waals surface area (Å²) in [6, 6.07) is 11.3. The van der Waals surface area contributed by atoms with E-state index in [-0.39, 0.29) is 18.0 Å². The molecular weight excluding hydrogens is 348 g/mol. The summed E-state index contributed by atoms with van der Waals surface area (Å²) in [5.41, 5.74) is 0.473. The highest BCUT2D eigenvalue weighted by molar-refractivity contribution is 5.57. The van der Waals surface area contributed by atoms with E-state index in [4.69, 9.17) is 9.47 Å². The summed E-state index contributed by atoms with van der Waals surface area (Å²) in [6.45, 7) is 3.07. The number of fused-ring (bicyclic) bond motifs is 1. The number of rotatable bonds is 5. The molecule has 2 aliphatic heterocycles. The number of likely N-dealkylation sites (tertiary alicyclic amines) is 1. The molecule has 0 unspecified atom stereocenters. The van der Waals surface area contributed by atoms with Crippen LogP contribution in [0.25, 0.3) is 0 Å². The van der Waals surface area contributed by atoms with Crippen molar-refractivity contribution in [1.82, 2.24) is 9.88 Å². The van der Waals surface area contributed by atoms with E-state index in [0.29, 0.717) is 12.3 Å². The average Bonchev–Trinajstić information content (AvgIpc) is 2.68. The van der Waals surface area contributed by atoms with E-state index in [0.717, 1.165) is 44.0 Å². The summed E-state index contributed by atoms with van der Waals surface area (Å²) in [4.78, 5) is 16.9. The first kappa shape index (κ1) is 17.5. The molecule has 1 aromatic heterocycles. The summed E-state index contributed by atoms with van der Waals surface area (Å²) >= 11 is 0.